The zero-order valence-electron chi connectivity index (χ0n) is 11.8. The first-order valence-electron chi connectivity index (χ1n) is 6.70. The van der Waals surface area contributed by atoms with Crippen LogP contribution in [0.3, 0.4) is 0 Å². The molecule has 1 heterocycles. The van der Waals surface area contributed by atoms with Gasteiger partial charge in [-0.25, -0.2) is 9.78 Å². The van der Waals surface area contributed by atoms with E-state index in [1.54, 1.807) is 42.5 Å². The molecule has 0 saturated carbocycles. The third-order valence-electron chi connectivity index (χ3n) is 3.21. The number of carboxylic acid groups (broad SMARTS) is 1. The number of benzene rings is 2. The maximum Gasteiger partial charge on any atom is 0.358 e. The summed E-state index contributed by atoms with van der Waals surface area (Å²) in [4.78, 5) is 27.7. The third kappa shape index (κ3) is 2.69. The Kier molecular flexibility index (Phi) is 3.64. The summed E-state index contributed by atoms with van der Waals surface area (Å²) in [6.07, 6.45) is 0. The topological polar surface area (TPSA) is 101 Å². The van der Waals surface area contributed by atoms with E-state index in [2.05, 4.69) is 4.98 Å². The molecular formula is C17H11NO5. The number of oxazole rings is 1. The van der Waals surface area contributed by atoms with Crippen LogP contribution in [-0.4, -0.2) is 26.9 Å². The Hall–Kier alpha value is -3.41. The monoisotopic (exact) mass is 309 g/mol. The predicted octanol–water partition coefficient (Wildman–Crippen LogP) is 2.98. The number of carbonyl (C=O) groups excluding carboxylic acids is 1. The molecule has 2 aromatic carbocycles. The Morgan fingerprint density at radius 1 is 0.957 bits per heavy atom. The van der Waals surface area contributed by atoms with Crippen LogP contribution < -0.4 is 0 Å². The van der Waals surface area contributed by atoms with Gasteiger partial charge >= 0.3 is 5.97 Å². The number of carbonyl (C=O) groups is 2. The molecule has 0 unspecified atom stereocenters. The van der Waals surface area contributed by atoms with Crippen molar-refractivity contribution in [1.29, 1.82) is 0 Å². The largest absolute Gasteiger partial charge is 0.507 e. The van der Waals surface area contributed by atoms with Crippen LogP contribution in [0, 0.1) is 0 Å². The molecule has 0 aliphatic rings. The number of para-hydroxylation sites is 1. The highest BCUT2D eigenvalue weighted by Crippen LogP contribution is 2.26. The summed E-state index contributed by atoms with van der Waals surface area (Å²) in [6, 6.07) is 14.5. The lowest BCUT2D eigenvalue weighted by Gasteiger charge is -2.01. The number of carboxylic acids is 1. The summed E-state index contributed by atoms with van der Waals surface area (Å²) in [6.45, 7) is 0. The second kappa shape index (κ2) is 5.76. The lowest BCUT2D eigenvalue weighted by molar-refractivity contribution is 0.0685. The first-order chi connectivity index (χ1) is 11.1. The molecule has 0 aliphatic heterocycles. The number of hydrogen-bond donors (Lipinski definition) is 2. The lowest BCUT2D eigenvalue weighted by atomic mass is 10.1. The number of nitrogens with zero attached hydrogens (tertiary/aromatic N) is 1. The minimum atomic E-state index is -1.38. The van der Waals surface area contributed by atoms with E-state index >= 15 is 0 Å². The number of phenolic OH excluding ortho intramolecular Hbond substituents is 1. The predicted molar refractivity (Wildman–Crippen MR) is 80.4 cm³/mol. The van der Waals surface area contributed by atoms with Crippen LogP contribution in [0.1, 0.15) is 26.6 Å². The number of ketones is 1. The van der Waals surface area contributed by atoms with Crippen molar-refractivity contribution in [3.63, 3.8) is 0 Å². The van der Waals surface area contributed by atoms with Crippen LogP contribution in [0.15, 0.2) is 59.0 Å². The fourth-order valence-corrected chi connectivity index (χ4v) is 2.11. The van der Waals surface area contributed by atoms with Gasteiger partial charge in [-0.1, -0.05) is 30.3 Å². The molecule has 3 aromatic rings. The molecule has 0 amide bonds. The SMILES string of the molecule is O=C(O)c1nc(-c2ccccc2)oc1C(=O)c1ccccc1O. The molecule has 0 bridgehead atoms. The summed E-state index contributed by atoms with van der Waals surface area (Å²) in [5.41, 5.74) is 0.00852. The Balaban J connectivity index is 2.12. The first kappa shape index (κ1) is 14.5. The van der Waals surface area contributed by atoms with Crippen molar-refractivity contribution in [2.75, 3.05) is 0 Å². The highest BCUT2D eigenvalue weighted by atomic mass is 16.4. The van der Waals surface area contributed by atoms with E-state index in [4.69, 9.17) is 4.42 Å². The van der Waals surface area contributed by atoms with Gasteiger partial charge in [-0.15, -0.1) is 0 Å². The van der Waals surface area contributed by atoms with Crippen LogP contribution in [0.4, 0.5) is 0 Å². The minimum Gasteiger partial charge on any atom is -0.507 e. The molecule has 114 valence electrons. The smallest absolute Gasteiger partial charge is 0.358 e. The average Bonchev–Trinajstić information content (AvgIpc) is 3.01. The van der Waals surface area contributed by atoms with Gasteiger partial charge in [-0.3, -0.25) is 4.79 Å². The quantitative estimate of drug-likeness (QED) is 0.719. The van der Waals surface area contributed by atoms with E-state index < -0.39 is 23.2 Å². The van der Waals surface area contributed by atoms with Gasteiger partial charge in [0.15, 0.2) is 5.69 Å². The van der Waals surface area contributed by atoms with Crippen LogP contribution in [-0.2, 0) is 0 Å². The first-order valence-corrected chi connectivity index (χ1v) is 6.70. The number of aromatic carboxylic acids is 1. The van der Waals surface area contributed by atoms with Crippen molar-refractivity contribution in [3.05, 3.63) is 71.6 Å². The Bertz CT molecular complexity index is 883. The summed E-state index contributed by atoms with van der Waals surface area (Å²) in [5.74, 6) is -2.77. The second-order valence-corrected chi connectivity index (χ2v) is 4.71. The molecule has 0 fully saturated rings. The highest BCUT2D eigenvalue weighted by Gasteiger charge is 2.27. The Morgan fingerprint density at radius 2 is 1.61 bits per heavy atom. The average molecular weight is 309 g/mol. The van der Waals surface area contributed by atoms with E-state index in [9.17, 15) is 19.8 Å². The summed E-state index contributed by atoms with van der Waals surface area (Å²) in [5, 5.41) is 19.0. The van der Waals surface area contributed by atoms with E-state index in [0.29, 0.717) is 5.56 Å². The molecule has 0 atom stereocenters. The Labute approximate surface area is 130 Å². The van der Waals surface area contributed by atoms with Gasteiger partial charge in [0.2, 0.25) is 17.4 Å². The van der Waals surface area contributed by atoms with Crippen molar-refractivity contribution >= 4 is 11.8 Å². The maximum atomic E-state index is 12.5. The lowest BCUT2D eigenvalue weighted by Crippen LogP contribution is -2.08. The van der Waals surface area contributed by atoms with Gasteiger partial charge in [0.25, 0.3) is 0 Å². The number of aromatic nitrogens is 1. The number of hydrogen-bond acceptors (Lipinski definition) is 5. The van der Waals surface area contributed by atoms with Crippen LogP contribution in [0.2, 0.25) is 0 Å². The molecule has 1 aromatic heterocycles. The van der Waals surface area contributed by atoms with E-state index in [0.717, 1.165) is 0 Å². The molecule has 0 aliphatic carbocycles. The molecule has 6 nitrogen and oxygen atoms in total. The summed E-state index contributed by atoms with van der Waals surface area (Å²) >= 11 is 0. The van der Waals surface area contributed by atoms with Gasteiger partial charge in [0.1, 0.15) is 5.75 Å². The van der Waals surface area contributed by atoms with Crippen molar-refractivity contribution in [2.45, 2.75) is 0 Å². The number of rotatable bonds is 4. The number of phenols is 1. The maximum absolute atomic E-state index is 12.5. The van der Waals surface area contributed by atoms with Crippen molar-refractivity contribution in [1.82, 2.24) is 4.98 Å². The molecule has 0 radical (unpaired) electrons. The van der Waals surface area contributed by atoms with Crippen LogP contribution >= 0.6 is 0 Å². The van der Waals surface area contributed by atoms with E-state index in [-0.39, 0.29) is 17.2 Å². The zero-order chi connectivity index (χ0) is 16.4. The standard InChI is InChI=1S/C17H11NO5/c19-12-9-5-4-8-11(12)14(20)15-13(17(21)22)18-16(23-15)10-6-2-1-3-7-10/h1-9,19H,(H,21,22). The van der Waals surface area contributed by atoms with Crippen molar-refractivity contribution in [3.8, 4) is 17.2 Å². The fraction of sp³-hybridized carbons (Fsp3) is 0. The molecular weight excluding hydrogens is 298 g/mol. The summed E-state index contributed by atoms with van der Waals surface area (Å²) < 4.78 is 5.38. The fourth-order valence-electron chi connectivity index (χ4n) is 2.11. The van der Waals surface area contributed by atoms with Crippen molar-refractivity contribution in [2.24, 2.45) is 0 Å². The molecule has 3 rings (SSSR count). The number of aromatic hydroxyl groups is 1. The van der Waals surface area contributed by atoms with Crippen molar-refractivity contribution < 1.29 is 24.2 Å². The molecule has 23 heavy (non-hydrogen) atoms. The van der Waals surface area contributed by atoms with Crippen LogP contribution in [0.5, 0.6) is 5.75 Å². The normalized spacial score (nSPS) is 10.4. The van der Waals surface area contributed by atoms with Gasteiger partial charge in [0, 0.05) is 5.56 Å². The minimum absolute atomic E-state index is 0.0294. The summed E-state index contributed by atoms with van der Waals surface area (Å²) in [7, 11) is 0. The molecule has 0 saturated heterocycles. The molecule has 0 spiro atoms. The second-order valence-electron chi connectivity index (χ2n) is 4.71. The molecule has 6 heteroatoms. The zero-order valence-corrected chi connectivity index (χ0v) is 11.8. The van der Waals surface area contributed by atoms with Gasteiger partial charge < -0.3 is 14.6 Å². The van der Waals surface area contributed by atoms with Gasteiger partial charge in [-0.05, 0) is 24.3 Å². The van der Waals surface area contributed by atoms with Gasteiger partial charge in [-0.2, -0.15) is 0 Å². The highest BCUT2D eigenvalue weighted by molar-refractivity contribution is 6.13. The van der Waals surface area contributed by atoms with E-state index in [1.165, 1.54) is 12.1 Å². The van der Waals surface area contributed by atoms with Crippen LogP contribution in [0.25, 0.3) is 11.5 Å². The molecule has 2 N–H and O–H groups in total. The van der Waals surface area contributed by atoms with E-state index in [1.807, 2.05) is 0 Å². The van der Waals surface area contributed by atoms with Gasteiger partial charge in [0.05, 0.1) is 5.56 Å². The third-order valence-corrected chi connectivity index (χ3v) is 3.21. The Morgan fingerprint density at radius 3 is 2.26 bits per heavy atom.